The van der Waals surface area contributed by atoms with Crippen molar-refractivity contribution in [2.45, 2.75) is 18.6 Å². The Kier molecular flexibility index (Phi) is 7.42. The highest BCUT2D eigenvalue weighted by atomic mass is 16.5. The Labute approximate surface area is 190 Å². The highest BCUT2D eigenvalue weighted by Gasteiger charge is 2.28. The van der Waals surface area contributed by atoms with E-state index in [0.29, 0.717) is 16.9 Å². The van der Waals surface area contributed by atoms with Gasteiger partial charge in [-0.1, -0.05) is 42.5 Å². The first-order valence-corrected chi connectivity index (χ1v) is 10.1. The quantitative estimate of drug-likeness (QED) is 0.395. The summed E-state index contributed by atoms with van der Waals surface area (Å²) in [5, 5.41) is 31.5. The minimum Gasteiger partial charge on any atom is -0.497 e. The van der Waals surface area contributed by atoms with Crippen molar-refractivity contribution in [2.24, 2.45) is 0 Å². The fourth-order valence-electron chi connectivity index (χ4n) is 3.44. The summed E-state index contributed by atoms with van der Waals surface area (Å²) in [5.74, 6) is -2.72. The van der Waals surface area contributed by atoms with Gasteiger partial charge in [0.25, 0.3) is 5.91 Å². The molecule has 0 bridgehead atoms. The Morgan fingerprint density at radius 1 is 0.939 bits per heavy atom. The lowest BCUT2D eigenvalue weighted by Crippen LogP contribution is -2.48. The van der Waals surface area contributed by atoms with Crippen LogP contribution in [0.15, 0.2) is 72.8 Å². The van der Waals surface area contributed by atoms with Gasteiger partial charge in [0.15, 0.2) is 6.10 Å². The first-order valence-electron chi connectivity index (χ1n) is 10.1. The Hall–Kier alpha value is -4.17. The minimum atomic E-state index is -1.81. The van der Waals surface area contributed by atoms with Gasteiger partial charge < -0.3 is 25.4 Å². The number of aliphatic hydroxyl groups is 1. The summed E-state index contributed by atoms with van der Waals surface area (Å²) in [5.41, 5.74) is 1.80. The highest BCUT2D eigenvalue weighted by Crippen LogP contribution is 2.29. The monoisotopic (exact) mass is 449 g/mol. The summed E-state index contributed by atoms with van der Waals surface area (Å²) in [7, 11) is 1.46. The van der Waals surface area contributed by atoms with Crippen LogP contribution >= 0.6 is 0 Å². The molecule has 3 aromatic carbocycles. The first-order chi connectivity index (χ1) is 15.8. The number of benzene rings is 3. The molecule has 8 nitrogen and oxygen atoms in total. The van der Waals surface area contributed by atoms with Crippen molar-refractivity contribution in [3.8, 4) is 16.9 Å². The maximum atomic E-state index is 12.9. The molecule has 0 radical (unpaired) electrons. The van der Waals surface area contributed by atoms with Gasteiger partial charge in [-0.15, -0.1) is 0 Å². The van der Waals surface area contributed by atoms with Gasteiger partial charge in [-0.25, -0.2) is 9.59 Å². The molecule has 1 amide bonds. The summed E-state index contributed by atoms with van der Waals surface area (Å²) in [6.45, 7) is 0. The number of carbonyl (C=O) groups excluding carboxylic acids is 1. The van der Waals surface area contributed by atoms with E-state index in [9.17, 15) is 29.7 Å². The van der Waals surface area contributed by atoms with Crippen LogP contribution in [0.2, 0.25) is 0 Å². The van der Waals surface area contributed by atoms with E-state index < -0.39 is 30.0 Å². The van der Waals surface area contributed by atoms with Crippen molar-refractivity contribution in [3.63, 3.8) is 0 Å². The molecule has 0 unspecified atom stereocenters. The Morgan fingerprint density at radius 3 is 2.30 bits per heavy atom. The molecule has 3 rings (SSSR count). The molecular formula is C25H23NO7. The van der Waals surface area contributed by atoms with E-state index in [-0.39, 0.29) is 17.5 Å². The molecule has 0 aliphatic heterocycles. The van der Waals surface area contributed by atoms with Crippen LogP contribution in [0.5, 0.6) is 5.75 Å². The van der Waals surface area contributed by atoms with Crippen LogP contribution in [0, 0.1) is 0 Å². The number of hydrogen-bond donors (Lipinski definition) is 4. The number of methoxy groups -OCH3 is 1. The maximum Gasteiger partial charge on any atom is 0.336 e. The number of amides is 1. The average Bonchev–Trinajstić information content (AvgIpc) is 2.83. The lowest BCUT2D eigenvalue weighted by atomic mass is 9.97. The number of aromatic carboxylic acids is 1. The molecule has 170 valence electrons. The van der Waals surface area contributed by atoms with Gasteiger partial charge in [-0.05, 0) is 53.4 Å². The van der Waals surface area contributed by atoms with Crippen molar-refractivity contribution < 1.29 is 34.4 Å². The lowest BCUT2D eigenvalue weighted by Gasteiger charge is -2.22. The predicted molar refractivity (Wildman–Crippen MR) is 120 cm³/mol. The van der Waals surface area contributed by atoms with E-state index in [1.807, 2.05) is 0 Å². The van der Waals surface area contributed by atoms with E-state index in [1.54, 1.807) is 48.5 Å². The fourth-order valence-corrected chi connectivity index (χ4v) is 3.44. The first kappa shape index (κ1) is 23.5. The Bertz CT molecular complexity index is 1160. The van der Waals surface area contributed by atoms with E-state index >= 15 is 0 Å². The molecular weight excluding hydrogens is 426 g/mol. The standard InChI is InChI=1S/C25H23NO7/c1-33-18-10-11-19(24(29)30)20(14-18)16-8-5-9-17(13-16)23(28)26-21(22(27)25(31)32)12-15-6-3-2-4-7-15/h2-11,13-14,21-22,27H,12H2,1H3,(H,26,28)(H,29,30)(H,31,32)/t21-,22-/m1/s1. The zero-order valence-electron chi connectivity index (χ0n) is 17.8. The molecule has 0 heterocycles. The van der Waals surface area contributed by atoms with Gasteiger partial charge in [-0.2, -0.15) is 0 Å². The minimum absolute atomic E-state index is 0.0385. The molecule has 0 fully saturated rings. The van der Waals surface area contributed by atoms with Crippen LogP contribution in [0.25, 0.3) is 11.1 Å². The smallest absolute Gasteiger partial charge is 0.336 e. The third-order valence-corrected chi connectivity index (χ3v) is 5.14. The summed E-state index contributed by atoms with van der Waals surface area (Å²) >= 11 is 0. The van der Waals surface area contributed by atoms with Crippen LogP contribution < -0.4 is 10.1 Å². The van der Waals surface area contributed by atoms with Crippen molar-refractivity contribution in [2.75, 3.05) is 7.11 Å². The van der Waals surface area contributed by atoms with Gasteiger partial charge in [0.05, 0.1) is 18.7 Å². The molecule has 0 saturated carbocycles. The van der Waals surface area contributed by atoms with E-state index in [2.05, 4.69) is 5.32 Å². The van der Waals surface area contributed by atoms with Crippen LogP contribution in [0.1, 0.15) is 26.3 Å². The molecule has 4 N–H and O–H groups in total. The normalized spacial score (nSPS) is 12.4. The van der Waals surface area contributed by atoms with Crippen LogP contribution in [0.3, 0.4) is 0 Å². The SMILES string of the molecule is COc1ccc(C(=O)O)c(-c2cccc(C(=O)N[C@H](Cc3ccccc3)[C@@H](O)C(=O)O)c2)c1. The van der Waals surface area contributed by atoms with Crippen molar-refractivity contribution in [1.82, 2.24) is 5.32 Å². The highest BCUT2D eigenvalue weighted by molar-refractivity contribution is 5.99. The van der Waals surface area contributed by atoms with Crippen LogP contribution in [0.4, 0.5) is 0 Å². The summed E-state index contributed by atoms with van der Waals surface area (Å²) in [6.07, 6.45) is -1.70. The zero-order valence-corrected chi connectivity index (χ0v) is 17.8. The zero-order chi connectivity index (χ0) is 24.0. The summed E-state index contributed by atoms with van der Waals surface area (Å²) in [4.78, 5) is 36.0. The second kappa shape index (κ2) is 10.4. The topological polar surface area (TPSA) is 133 Å². The third-order valence-electron chi connectivity index (χ3n) is 5.14. The molecule has 33 heavy (non-hydrogen) atoms. The maximum absolute atomic E-state index is 12.9. The fraction of sp³-hybridized carbons (Fsp3) is 0.160. The second-order valence-electron chi connectivity index (χ2n) is 7.35. The average molecular weight is 449 g/mol. The van der Waals surface area contributed by atoms with Crippen LogP contribution in [-0.2, 0) is 11.2 Å². The molecule has 3 aromatic rings. The largest absolute Gasteiger partial charge is 0.497 e. The molecule has 0 saturated heterocycles. The van der Waals surface area contributed by atoms with Gasteiger partial charge >= 0.3 is 11.9 Å². The lowest BCUT2D eigenvalue weighted by molar-refractivity contribution is -0.148. The second-order valence-corrected chi connectivity index (χ2v) is 7.35. The van der Waals surface area contributed by atoms with Crippen molar-refractivity contribution in [3.05, 3.63) is 89.5 Å². The third kappa shape index (κ3) is 5.75. The van der Waals surface area contributed by atoms with Gasteiger partial charge in [0.1, 0.15) is 5.75 Å². The van der Waals surface area contributed by atoms with Crippen LogP contribution in [-0.4, -0.2) is 52.4 Å². The number of hydrogen-bond acceptors (Lipinski definition) is 5. The number of ether oxygens (including phenoxy) is 1. The summed E-state index contributed by atoms with van der Waals surface area (Å²) < 4.78 is 5.19. The Balaban J connectivity index is 1.91. The van der Waals surface area contributed by atoms with Gasteiger partial charge in [0, 0.05) is 5.56 Å². The van der Waals surface area contributed by atoms with Gasteiger partial charge in [0.2, 0.25) is 0 Å². The molecule has 2 atom stereocenters. The predicted octanol–water partition coefficient (Wildman–Crippen LogP) is 2.85. The molecule has 0 aliphatic rings. The number of carboxylic acids is 2. The number of aliphatic carboxylic acids is 1. The molecule has 0 aromatic heterocycles. The molecule has 0 spiro atoms. The number of nitrogens with one attached hydrogen (secondary N) is 1. The van der Waals surface area contributed by atoms with E-state index in [4.69, 9.17) is 4.74 Å². The summed E-state index contributed by atoms with van der Waals surface area (Å²) in [6, 6.07) is 18.6. The van der Waals surface area contributed by atoms with E-state index in [1.165, 1.54) is 31.4 Å². The number of rotatable bonds is 9. The number of carbonyl (C=O) groups is 3. The number of aliphatic hydroxyl groups excluding tert-OH is 1. The molecule has 0 aliphatic carbocycles. The van der Waals surface area contributed by atoms with E-state index in [0.717, 1.165) is 5.56 Å². The number of carboxylic acid groups (broad SMARTS) is 2. The van der Waals surface area contributed by atoms with Crippen molar-refractivity contribution in [1.29, 1.82) is 0 Å². The molecule has 8 heteroatoms. The van der Waals surface area contributed by atoms with Crippen molar-refractivity contribution >= 4 is 17.8 Å². The van der Waals surface area contributed by atoms with Gasteiger partial charge in [-0.3, -0.25) is 4.79 Å². The Morgan fingerprint density at radius 2 is 1.67 bits per heavy atom.